The van der Waals surface area contributed by atoms with Gasteiger partial charge in [0.2, 0.25) is 0 Å². The van der Waals surface area contributed by atoms with Crippen LogP contribution in [0.1, 0.15) is 11.3 Å². The quantitative estimate of drug-likeness (QED) is 0.699. The third-order valence-corrected chi connectivity index (χ3v) is 3.21. The van der Waals surface area contributed by atoms with E-state index >= 15 is 0 Å². The fraction of sp³-hybridized carbons (Fsp3) is 0.250. The highest BCUT2D eigenvalue weighted by atomic mass is 19.1. The average molecular weight is 234 g/mol. The number of halogens is 1. The highest BCUT2D eigenvalue weighted by molar-refractivity contribution is 5.86. The van der Waals surface area contributed by atoms with Crippen LogP contribution in [0.4, 0.5) is 4.39 Å². The molecule has 0 radical (unpaired) electrons. The number of aliphatic carboxylic acids is 1. The van der Waals surface area contributed by atoms with Crippen LogP contribution in [0.25, 0.3) is 10.9 Å². The second-order valence-electron chi connectivity index (χ2n) is 4.22. The van der Waals surface area contributed by atoms with Gasteiger partial charge in [0.15, 0.2) is 0 Å². The minimum absolute atomic E-state index is 0.302. The number of aromatic amines is 1. The lowest BCUT2D eigenvalue weighted by Gasteiger charge is -2.20. The molecule has 0 saturated carbocycles. The van der Waals surface area contributed by atoms with Crippen LogP contribution in [-0.2, 0) is 17.8 Å². The van der Waals surface area contributed by atoms with Gasteiger partial charge in [0.05, 0.1) is 5.52 Å². The average Bonchev–Trinajstić information content (AvgIpc) is 2.68. The molecule has 0 fully saturated rings. The summed E-state index contributed by atoms with van der Waals surface area (Å²) >= 11 is 0. The molecule has 1 aliphatic heterocycles. The molecule has 88 valence electrons. The number of nitrogens with one attached hydrogen (secondary N) is 2. The molecule has 2 heterocycles. The Hall–Kier alpha value is -1.88. The van der Waals surface area contributed by atoms with Crippen LogP contribution in [0.15, 0.2) is 18.2 Å². The number of fused-ring (bicyclic) bond motifs is 3. The van der Waals surface area contributed by atoms with E-state index in [9.17, 15) is 9.18 Å². The zero-order chi connectivity index (χ0) is 12.0. The van der Waals surface area contributed by atoms with E-state index in [0.717, 1.165) is 16.6 Å². The molecule has 0 bridgehead atoms. The van der Waals surface area contributed by atoms with E-state index in [1.165, 1.54) is 6.07 Å². The zero-order valence-electron chi connectivity index (χ0n) is 8.96. The van der Waals surface area contributed by atoms with Crippen LogP contribution in [0, 0.1) is 5.82 Å². The van der Waals surface area contributed by atoms with Gasteiger partial charge in [-0.15, -0.1) is 0 Å². The summed E-state index contributed by atoms with van der Waals surface area (Å²) in [5, 5.41) is 12.7. The molecule has 5 heteroatoms. The van der Waals surface area contributed by atoms with Crippen molar-refractivity contribution in [3.8, 4) is 0 Å². The molecule has 1 aromatic heterocycles. The van der Waals surface area contributed by atoms with E-state index in [4.69, 9.17) is 5.11 Å². The maximum Gasteiger partial charge on any atom is 0.321 e. The Labute approximate surface area is 96.4 Å². The smallest absolute Gasteiger partial charge is 0.321 e. The van der Waals surface area contributed by atoms with E-state index in [0.29, 0.717) is 18.5 Å². The Balaban J connectivity index is 2.15. The Morgan fingerprint density at radius 3 is 3.06 bits per heavy atom. The molecule has 3 rings (SSSR count). The maximum absolute atomic E-state index is 13.6. The Morgan fingerprint density at radius 2 is 2.29 bits per heavy atom. The second-order valence-corrected chi connectivity index (χ2v) is 4.22. The zero-order valence-corrected chi connectivity index (χ0v) is 8.96. The topological polar surface area (TPSA) is 65.1 Å². The molecule has 0 amide bonds. The molecule has 1 aromatic carbocycles. The molecule has 1 atom stereocenters. The molecule has 0 spiro atoms. The van der Waals surface area contributed by atoms with E-state index in [2.05, 4.69) is 10.3 Å². The molecule has 1 unspecified atom stereocenters. The van der Waals surface area contributed by atoms with Crippen molar-refractivity contribution in [3.63, 3.8) is 0 Å². The minimum Gasteiger partial charge on any atom is -0.480 e. The van der Waals surface area contributed by atoms with Crippen LogP contribution < -0.4 is 5.32 Å². The van der Waals surface area contributed by atoms with Crippen molar-refractivity contribution in [2.24, 2.45) is 0 Å². The molecular weight excluding hydrogens is 223 g/mol. The van der Waals surface area contributed by atoms with Crippen LogP contribution >= 0.6 is 0 Å². The van der Waals surface area contributed by atoms with Gasteiger partial charge < -0.3 is 10.1 Å². The van der Waals surface area contributed by atoms with Gasteiger partial charge in [0.25, 0.3) is 0 Å². The van der Waals surface area contributed by atoms with Crippen molar-refractivity contribution < 1.29 is 14.3 Å². The van der Waals surface area contributed by atoms with Gasteiger partial charge in [-0.3, -0.25) is 10.1 Å². The highest BCUT2D eigenvalue weighted by Crippen LogP contribution is 2.28. The normalized spacial score (nSPS) is 19.2. The standard InChI is InChI=1S/C12H11FN2O2/c13-8-3-1-2-6-7-4-9(12(16)17)14-5-10(7)15-11(6)8/h1-3,9,14-15H,4-5H2,(H,16,17). The number of hydrogen-bond donors (Lipinski definition) is 3. The first-order chi connectivity index (χ1) is 8.16. The number of carbonyl (C=O) groups is 1. The minimum atomic E-state index is -0.874. The summed E-state index contributed by atoms with van der Waals surface area (Å²) in [7, 11) is 0. The highest BCUT2D eigenvalue weighted by Gasteiger charge is 2.26. The molecule has 0 aliphatic carbocycles. The first-order valence-corrected chi connectivity index (χ1v) is 5.41. The van der Waals surface area contributed by atoms with Gasteiger partial charge >= 0.3 is 5.97 Å². The van der Waals surface area contributed by atoms with Gasteiger partial charge in [0, 0.05) is 24.0 Å². The Bertz CT molecular complexity index is 606. The number of carboxylic acids is 1. The summed E-state index contributed by atoms with van der Waals surface area (Å²) in [5.41, 5.74) is 2.25. The summed E-state index contributed by atoms with van der Waals surface area (Å²) in [6, 6.07) is 4.26. The fourth-order valence-electron chi connectivity index (χ4n) is 2.35. The van der Waals surface area contributed by atoms with Crippen molar-refractivity contribution in [1.82, 2.24) is 10.3 Å². The monoisotopic (exact) mass is 234 g/mol. The number of hydrogen-bond acceptors (Lipinski definition) is 2. The summed E-state index contributed by atoms with van der Waals surface area (Å²) in [6.45, 7) is 0.431. The third-order valence-electron chi connectivity index (χ3n) is 3.21. The van der Waals surface area contributed by atoms with Gasteiger partial charge in [-0.05, 0) is 11.6 Å². The fourth-order valence-corrected chi connectivity index (χ4v) is 2.35. The first kappa shape index (κ1) is 10.3. The van der Waals surface area contributed by atoms with Crippen molar-refractivity contribution >= 4 is 16.9 Å². The lowest BCUT2D eigenvalue weighted by Crippen LogP contribution is -2.41. The predicted octanol–water partition coefficient (Wildman–Crippen LogP) is 1.41. The van der Waals surface area contributed by atoms with Crippen molar-refractivity contribution in [1.29, 1.82) is 0 Å². The number of para-hydroxylation sites is 1. The van der Waals surface area contributed by atoms with E-state index in [1.54, 1.807) is 6.07 Å². The van der Waals surface area contributed by atoms with Crippen LogP contribution in [0.2, 0.25) is 0 Å². The van der Waals surface area contributed by atoms with Gasteiger partial charge in [0.1, 0.15) is 11.9 Å². The first-order valence-electron chi connectivity index (χ1n) is 5.41. The molecule has 4 nitrogen and oxygen atoms in total. The van der Waals surface area contributed by atoms with Gasteiger partial charge in [-0.25, -0.2) is 4.39 Å². The van der Waals surface area contributed by atoms with E-state index in [-0.39, 0.29) is 5.82 Å². The summed E-state index contributed by atoms with van der Waals surface area (Å²) < 4.78 is 13.6. The van der Waals surface area contributed by atoms with Crippen molar-refractivity contribution in [2.45, 2.75) is 19.0 Å². The number of aromatic nitrogens is 1. The molecular formula is C12H11FN2O2. The molecule has 2 aromatic rings. The Morgan fingerprint density at radius 1 is 1.47 bits per heavy atom. The largest absolute Gasteiger partial charge is 0.480 e. The lowest BCUT2D eigenvalue weighted by atomic mass is 9.99. The van der Waals surface area contributed by atoms with Crippen LogP contribution in [-0.4, -0.2) is 22.1 Å². The molecule has 1 aliphatic rings. The van der Waals surface area contributed by atoms with Crippen LogP contribution in [0.5, 0.6) is 0 Å². The van der Waals surface area contributed by atoms with Crippen molar-refractivity contribution in [2.75, 3.05) is 0 Å². The third kappa shape index (κ3) is 1.51. The molecule has 17 heavy (non-hydrogen) atoms. The van der Waals surface area contributed by atoms with E-state index < -0.39 is 12.0 Å². The number of rotatable bonds is 1. The predicted molar refractivity (Wildman–Crippen MR) is 60.2 cm³/mol. The summed E-state index contributed by atoms with van der Waals surface area (Å²) in [6.07, 6.45) is 0.383. The second kappa shape index (κ2) is 3.56. The van der Waals surface area contributed by atoms with Gasteiger partial charge in [-0.1, -0.05) is 12.1 Å². The van der Waals surface area contributed by atoms with Crippen molar-refractivity contribution in [3.05, 3.63) is 35.3 Å². The Kier molecular flexibility index (Phi) is 2.16. The molecule has 3 N–H and O–H groups in total. The maximum atomic E-state index is 13.6. The van der Waals surface area contributed by atoms with Gasteiger partial charge in [-0.2, -0.15) is 0 Å². The van der Waals surface area contributed by atoms with Crippen LogP contribution in [0.3, 0.4) is 0 Å². The SMILES string of the molecule is O=C(O)C1Cc2c([nH]c3c(F)cccc23)CN1. The number of H-pyrrole nitrogens is 1. The number of carboxylic acid groups (broad SMARTS) is 1. The lowest BCUT2D eigenvalue weighted by molar-refractivity contribution is -0.139. The summed E-state index contributed by atoms with van der Waals surface area (Å²) in [5.74, 6) is -1.18. The molecule has 0 saturated heterocycles. The van der Waals surface area contributed by atoms with E-state index in [1.807, 2.05) is 6.07 Å². The summed E-state index contributed by atoms with van der Waals surface area (Å²) in [4.78, 5) is 14.0. The number of benzene rings is 1.